The zero-order valence-corrected chi connectivity index (χ0v) is 18.0. The van der Waals surface area contributed by atoms with E-state index in [-0.39, 0.29) is 12.5 Å². The number of hydrogen-bond donors (Lipinski definition) is 1. The lowest BCUT2D eigenvalue weighted by molar-refractivity contribution is -0.118. The number of aryl methyl sites for hydroxylation is 1. The minimum atomic E-state index is -0.270. The second-order valence-corrected chi connectivity index (χ2v) is 7.57. The summed E-state index contributed by atoms with van der Waals surface area (Å²) in [4.78, 5) is 16.6. The molecule has 3 rings (SSSR count). The highest BCUT2D eigenvalue weighted by Crippen LogP contribution is 2.33. The van der Waals surface area contributed by atoms with Crippen LogP contribution in [0.5, 0.6) is 17.2 Å². The fourth-order valence-electron chi connectivity index (χ4n) is 2.47. The molecule has 0 aliphatic carbocycles. The molecule has 1 N–H and O–H groups in total. The van der Waals surface area contributed by atoms with Crippen molar-refractivity contribution in [3.63, 3.8) is 0 Å². The van der Waals surface area contributed by atoms with E-state index in [9.17, 15) is 4.79 Å². The molecular formula is C20H19BrN2O4S. The number of thiazole rings is 1. The smallest absolute Gasteiger partial charge is 0.264 e. The number of aromatic nitrogens is 1. The van der Waals surface area contributed by atoms with Gasteiger partial charge in [-0.3, -0.25) is 10.1 Å². The average Bonchev–Trinajstić information content (AvgIpc) is 3.16. The van der Waals surface area contributed by atoms with Gasteiger partial charge in [0, 0.05) is 15.4 Å². The number of nitrogens with one attached hydrogen (secondary N) is 1. The third-order valence-corrected chi connectivity index (χ3v) is 5.58. The molecule has 0 unspecified atom stereocenters. The number of nitrogens with zero attached hydrogens (tertiary/aromatic N) is 1. The molecule has 0 aliphatic heterocycles. The molecule has 0 saturated carbocycles. The first-order chi connectivity index (χ1) is 13.5. The van der Waals surface area contributed by atoms with Crippen LogP contribution in [0.1, 0.15) is 5.56 Å². The van der Waals surface area contributed by atoms with Gasteiger partial charge in [0.2, 0.25) is 0 Å². The number of halogens is 1. The van der Waals surface area contributed by atoms with Crippen LogP contribution in [0.15, 0.2) is 46.3 Å². The monoisotopic (exact) mass is 462 g/mol. The molecule has 1 amide bonds. The molecule has 0 bridgehead atoms. The molecule has 0 atom stereocenters. The Bertz CT molecular complexity index is 990. The highest BCUT2D eigenvalue weighted by atomic mass is 79.9. The molecule has 6 nitrogen and oxygen atoms in total. The van der Waals surface area contributed by atoms with Crippen molar-refractivity contribution in [2.24, 2.45) is 0 Å². The maximum absolute atomic E-state index is 12.2. The Balaban J connectivity index is 1.62. The molecule has 0 spiro atoms. The van der Waals surface area contributed by atoms with Gasteiger partial charge in [0.25, 0.3) is 5.91 Å². The van der Waals surface area contributed by atoms with Crippen LogP contribution < -0.4 is 19.5 Å². The third-order valence-electron chi connectivity index (χ3n) is 3.93. The van der Waals surface area contributed by atoms with Gasteiger partial charge in [0.1, 0.15) is 5.75 Å². The summed E-state index contributed by atoms with van der Waals surface area (Å²) in [7, 11) is 3.17. The van der Waals surface area contributed by atoms with Gasteiger partial charge in [0.05, 0.1) is 19.9 Å². The summed E-state index contributed by atoms with van der Waals surface area (Å²) >= 11 is 4.78. The van der Waals surface area contributed by atoms with E-state index >= 15 is 0 Å². The van der Waals surface area contributed by atoms with Crippen LogP contribution in [0.4, 0.5) is 5.13 Å². The number of ether oxygens (including phenoxy) is 3. The van der Waals surface area contributed by atoms with Crippen molar-refractivity contribution in [2.45, 2.75) is 6.92 Å². The van der Waals surface area contributed by atoms with Crippen molar-refractivity contribution in [3.05, 3.63) is 51.8 Å². The number of hydrogen-bond acceptors (Lipinski definition) is 6. The summed E-state index contributed by atoms with van der Waals surface area (Å²) in [5, 5.41) is 5.13. The summed E-state index contributed by atoms with van der Waals surface area (Å²) in [6.07, 6.45) is 0. The highest BCUT2D eigenvalue weighted by Gasteiger charge is 2.11. The minimum absolute atomic E-state index is 0.0909. The molecule has 0 radical (unpaired) electrons. The van der Waals surface area contributed by atoms with Crippen LogP contribution in [0, 0.1) is 6.92 Å². The molecule has 3 aromatic rings. The molecule has 146 valence electrons. The Morgan fingerprint density at radius 3 is 2.64 bits per heavy atom. The van der Waals surface area contributed by atoms with Crippen LogP contribution in [-0.4, -0.2) is 31.7 Å². The van der Waals surface area contributed by atoms with Crippen molar-refractivity contribution in [1.82, 2.24) is 4.98 Å². The zero-order valence-electron chi connectivity index (χ0n) is 15.6. The molecule has 0 aliphatic rings. The first-order valence-electron chi connectivity index (χ1n) is 8.37. The van der Waals surface area contributed by atoms with E-state index in [4.69, 9.17) is 14.2 Å². The Labute approximate surface area is 175 Å². The SMILES string of the molecule is COc1ccc(-c2csc(NC(=O)COc3ccc(Br)c(C)c3)n2)cc1OC. The third kappa shape index (κ3) is 4.82. The summed E-state index contributed by atoms with van der Waals surface area (Å²) in [5.41, 5.74) is 2.65. The van der Waals surface area contributed by atoms with Gasteiger partial charge in [-0.15, -0.1) is 11.3 Å². The van der Waals surface area contributed by atoms with E-state index in [1.165, 1.54) is 11.3 Å². The number of amides is 1. The second kappa shape index (κ2) is 9.07. The number of anilines is 1. The van der Waals surface area contributed by atoms with Crippen molar-refractivity contribution >= 4 is 38.3 Å². The lowest BCUT2D eigenvalue weighted by Crippen LogP contribution is -2.20. The van der Waals surface area contributed by atoms with Gasteiger partial charge >= 0.3 is 0 Å². The Morgan fingerprint density at radius 2 is 1.93 bits per heavy atom. The fraction of sp³-hybridized carbons (Fsp3) is 0.200. The summed E-state index contributed by atoms with van der Waals surface area (Å²) in [5.74, 6) is 1.64. The van der Waals surface area contributed by atoms with E-state index in [0.717, 1.165) is 21.3 Å². The fourth-order valence-corrected chi connectivity index (χ4v) is 3.45. The maximum Gasteiger partial charge on any atom is 0.264 e. The maximum atomic E-state index is 12.2. The van der Waals surface area contributed by atoms with Gasteiger partial charge in [-0.25, -0.2) is 4.98 Å². The topological polar surface area (TPSA) is 69.7 Å². The van der Waals surface area contributed by atoms with Crippen LogP contribution in [-0.2, 0) is 4.79 Å². The number of methoxy groups -OCH3 is 2. The number of benzene rings is 2. The van der Waals surface area contributed by atoms with E-state index < -0.39 is 0 Å². The van der Waals surface area contributed by atoms with Gasteiger partial charge in [0.15, 0.2) is 23.2 Å². The van der Waals surface area contributed by atoms with Crippen LogP contribution in [0.2, 0.25) is 0 Å². The molecular weight excluding hydrogens is 444 g/mol. The largest absolute Gasteiger partial charge is 0.493 e. The van der Waals surface area contributed by atoms with E-state index in [1.807, 2.05) is 48.7 Å². The lowest BCUT2D eigenvalue weighted by atomic mass is 10.1. The van der Waals surface area contributed by atoms with Crippen LogP contribution >= 0.6 is 27.3 Å². The predicted octanol–water partition coefficient (Wildman–Crippen LogP) is 4.92. The molecule has 1 aromatic heterocycles. The second-order valence-electron chi connectivity index (χ2n) is 5.86. The van der Waals surface area contributed by atoms with Crippen molar-refractivity contribution in [1.29, 1.82) is 0 Å². The first-order valence-corrected chi connectivity index (χ1v) is 10.0. The average molecular weight is 463 g/mol. The standard InChI is InChI=1S/C20H19BrN2O4S/c1-12-8-14(5-6-15(12)21)27-10-19(24)23-20-22-16(11-28-20)13-4-7-17(25-2)18(9-13)26-3/h4-9,11H,10H2,1-3H3,(H,22,23,24). The summed E-state index contributed by atoms with van der Waals surface area (Å²) in [6.45, 7) is 1.87. The highest BCUT2D eigenvalue weighted by molar-refractivity contribution is 9.10. The Kier molecular flexibility index (Phi) is 6.53. The quantitative estimate of drug-likeness (QED) is 0.539. The number of rotatable bonds is 7. The van der Waals surface area contributed by atoms with Gasteiger partial charge in [-0.05, 0) is 48.9 Å². The van der Waals surface area contributed by atoms with Gasteiger partial charge in [-0.2, -0.15) is 0 Å². The minimum Gasteiger partial charge on any atom is -0.493 e. The first kappa shape index (κ1) is 20.2. The molecule has 2 aromatic carbocycles. The van der Waals surface area contributed by atoms with Crippen molar-refractivity contribution in [2.75, 3.05) is 26.1 Å². The van der Waals surface area contributed by atoms with Crippen LogP contribution in [0.3, 0.4) is 0 Å². The van der Waals surface area contributed by atoms with Gasteiger partial charge < -0.3 is 14.2 Å². The number of carbonyl (C=O) groups excluding carboxylic acids is 1. The molecule has 0 fully saturated rings. The molecule has 1 heterocycles. The zero-order chi connectivity index (χ0) is 20.1. The predicted molar refractivity (Wildman–Crippen MR) is 114 cm³/mol. The normalized spacial score (nSPS) is 10.4. The van der Waals surface area contributed by atoms with Crippen molar-refractivity contribution in [3.8, 4) is 28.5 Å². The van der Waals surface area contributed by atoms with Crippen LogP contribution in [0.25, 0.3) is 11.3 Å². The van der Waals surface area contributed by atoms with E-state index in [0.29, 0.717) is 22.4 Å². The molecule has 28 heavy (non-hydrogen) atoms. The number of carbonyl (C=O) groups is 1. The lowest BCUT2D eigenvalue weighted by Gasteiger charge is -2.08. The summed E-state index contributed by atoms with van der Waals surface area (Å²) in [6, 6.07) is 11.1. The molecule has 0 saturated heterocycles. The van der Waals surface area contributed by atoms with Crippen molar-refractivity contribution < 1.29 is 19.0 Å². The van der Waals surface area contributed by atoms with E-state index in [1.54, 1.807) is 14.2 Å². The Hall–Kier alpha value is -2.58. The summed E-state index contributed by atoms with van der Waals surface area (Å²) < 4.78 is 17.1. The van der Waals surface area contributed by atoms with Gasteiger partial charge in [-0.1, -0.05) is 15.9 Å². The molecule has 8 heteroatoms. The Morgan fingerprint density at radius 1 is 1.14 bits per heavy atom. The van der Waals surface area contributed by atoms with E-state index in [2.05, 4.69) is 26.2 Å².